The number of hydrazone groups is 1. The highest BCUT2D eigenvalue weighted by Gasteiger charge is 2.03. The average Bonchev–Trinajstić information content (AvgIpc) is 2.87. The molecule has 20 heavy (non-hydrogen) atoms. The van der Waals surface area contributed by atoms with Gasteiger partial charge < -0.3 is 0 Å². The highest BCUT2D eigenvalue weighted by atomic mass is 32.1. The number of rotatable bonds is 3. The number of anilines is 1. The van der Waals surface area contributed by atoms with E-state index in [2.05, 4.69) is 25.5 Å². The highest BCUT2D eigenvalue weighted by Crippen LogP contribution is 2.25. The number of fused-ring (bicyclic) bond motifs is 1. The number of benzene rings is 1. The zero-order chi connectivity index (χ0) is 13.9. The molecule has 0 aliphatic carbocycles. The van der Waals surface area contributed by atoms with Gasteiger partial charge in [-0.3, -0.25) is 5.43 Å². The van der Waals surface area contributed by atoms with Crippen molar-refractivity contribution in [3.05, 3.63) is 48.0 Å². The minimum absolute atomic E-state index is 0.774. The molecule has 2 heterocycles. The lowest BCUT2D eigenvalue weighted by Crippen LogP contribution is -2.03. The van der Waals surface area contributed by atoms with Gasteiger partial charge in [0.2, 0.25) is 5.13 Å². The van der Waals surface area contributed by atoms with Crippen LogP contribution in [0.5, 0.6) is 0 Å². The quantitative estimate of drug-likeness (QED) is 0.592. The molecule has 3 rings (SSSR count). The summed E-state index contributed by atoms with van der Waals surface area (Å²) in [6.45, 7) is 3.83. The lowest BCUT2D eigenvalue weighted by molar-refractivity contribution is 1.08. The number of nitrogens with zero attached hydrogens (tertiary/aromatic N) is 4. The summed E-state index contributed by atoms with van der Waals surface area (Å²) in [5, 5.41) is 5.10. The van der Waals surface area contributed by atoms with Crippen molar-refractivity contribution in [2.75, 3.05) is 5.43 Å². The minimum Gasteiger partial charge on any atom is -0.252 e. The van der Waals surface area contributed by atoms with Crippen LogP contribution in [0.1, 0.15) is 18.3 Å². The van der Waals surface area contributed by atoms with Gasteiger partial charge in [-0.25, -0.2) is 15.0 Å². The third-order valence-electron chi connectivity index (χ3n) is 2.79. The van der Waals surface area contributed by atoms with Crippen LogP contribution in [0.25, 0.3) is 10.2 Å². The van der Waals surface area contributed by atoms with Gasteiger partial charge in [-0.2, -0.15) is 5.10 Å². The van der Waals surface area contributed by atoms with Gasteiger partial charge in [-0.15, -0.1) is 0 Å². The summed E-state index contributed by atoms with van der Waals surface area (Å²) in [7, 11) is 0. The van der Waals surface area contributed by atoms with Crippen LogP contribution in [-0.4, -0.2) is 20.7 Å². The van der Waals surface area contributed by atoms with Crippen LogP contribution in [0.15, 0.2) is 41.8 Å². The molecule has 1 aromatic carbocycles. The van der Waals surface area contributed by atoms with Crippen molar-refractivity contribution in [1.29, 1.82) is 0 Å². The van der Waals surface area contributed by atoms with Crippen LogP contribution < -0.4 is 5.43 Å². The maximum atomic E-state index is 4.46. The molecule has 3 aromatic rings. The molecule has 0 aliphatic rings. The van der Waals surface area contributed by atoms with Gasteiger partial charge in [0.1, 0.15) is 6.33 Å². The Balaban J connectivity index is 1.82. The van der Waals surface area contributed by atoms with Crippen molar-refractivity contribution in [2.24, 2.45) is 5.10 Å². The normalized spacial score (nSPS) is 11.8. The molecule has 0 radical (unpaired) electrons. The number of aryl methyl sites for hydroxylation is 1. The molecule has 0 unspecified atom stereocenters. The Kier molecular flexibility index (Phi) is 3.39. The first-order valence-corrected chi connectivity index (χ1v) is 6.99. The fourth-order valence-corrected chi connectivity index (χ4v) is 2.57. The van der Waals surface area contributed by atoms with E-state index in [0.717, 1.165) is 32.4 Å². The van der Waals surface area contributed by atoms with Gasteiger partial charge in [0.15, 0.2) is 0 Å². The molecule has 0 aliphatic heterocycles. The van der Waals surface area contributed by atoms with Gasteiger partial charge in [0.05, 0.1) is 21.6 Å². The van der Waals surface area contributed by atoms with E-state index in [9.17, 15) is 0 Å². The Morgan fingerprint density at radius 1 is 1.25 bits per heavy atom. The Morgan fingerprint density at radius 2 is 2.10 bits per heavy atom. The van der Waals surface area contributed by atoms with Crippen molar-refractivity contribution in [2.45, 2.75) is 13.8 Å². The molecule has 0 fully saturated rings. The number of thiazole rings is 1. The summed E-state index contributed by atoms with van der Waals surface area (Å²) in [4.78, 5) is 12.7. The number of para-hydroxylation sites is 1. The molecule has 100 valence electrons. The van der Waals surface area contributed by atoms with Crippen LogP contribution >= 0.6 is 11.3 Å². The number of hydrogen-bond donors (Lipinski definition) is 1. The maximum absolute atomic E-state index is 4.46. The Morgan fingerprint density at radius 3 is 2.90 bits per heavy atom. The third kappa shape index (κ3) is 2.65. The Hall–Kier alpha value is -2.34. The summed E-state index contributed by atoms with van der Waals surface area (Å²) in [6, 6.07) is 9.91. The fourth-order valence-electron chi connectivity index (χ4n) is 1.76. The molecule has 1 N–H and O–H groups in total. The second-order valence-electron chi connectivity index (χ2n) is 4.34. The summed E-state index contributed by atoms with van der Waals surface area (Å²) in [5.41, 5.74) is 6.50. The second kappa shape index (κ2) is 5.34. The van der Waals surface area contributed by atoms with E-state index >= 15 is 0 Å². The van der Waals surface area contributed by atoms with Crippen molar-refractivity contribution < 1.29 is 0 Å². The summed E-state index contributed by atoms with van der Waals surface area (Å²) in [6.07, 6.45) is 1.54. The predicted molar refractivity (Wildman–Crippen MR) is 82.2 cm³/mol. The first kappa shape index (κ1) is 12.7. The van der Waals surface area contributed by atoms with Gasteiger partial charge in [0, 0.05) is 5.69 Å². The van der Waals surface area contributed by atoms with E-state index in [1.807, 2.05) is 44.2 Å². The second-order valence-corrected chi connectivity index (χ2v) is 5.37. The lowest BCUT2D eigenvalue weighted by Gasteiger charge is -2.00. The highest BCUT2D eigenvalue weighted by molar-refractivity contribution is 7.22. The molecule has 2 aromatic heterocycles. The Labute approximate surface area is 120 Å². The maximum Gasteiger partial charge on any atom is 0.204 e. The van der Waals surface area contributed by atoms with E-state index < -0.39 is 0 Å². The molecule has 0 atom stereocenters. The monoisotopic (exact) mass is 283 g/mol. The van der Waals surface area contributed by atoms with E-state index in [4.69, 9.17) is 0 Å². The molecule has 6 heteroatoms. The SMILES string of the molecule is C/C(=N\Nc1nc2ccccc2s1)c1cc(C)ncn1. The number of nitrogens with one attached hydrogen (secondary N) is 1. The van der Waals surface area contributed by atoms with Gasteiger partial charge >= 0.3 is 0 Å². The molecule has 0 saturated heterocycles. The van der Waals surface area contributed by atoms with Crippen molar-refractivity contribution in [3.63, 3.8) is 0 Å². The largest absolute Gasteiger partial charge is 0.252 e. The lowest BCUT2D eigenvalue weighted by atomic mass is 10.2. The minimum atomic E-state index is 0.774. The van der Waals surface area contributed by atoms with Crippen LogP contribution in [0, 0.1) is 6.92 Å². The molecule has 0 spiro atoms. The summed E-state index contributed by atoms with van der Waals surface area (Å²) < 4.78 is 1.14. The van der Waals surface area contributed by atoms with Crippen molar-refractivity contribution in [1.82, 2.24) is 15.0 Å². The zero-order valence-electron chi connectivity index (χ0n) is 11.2. The van der Waals surface area contributed by atoms with E-state index in [-0.39, 0.29) is 0 Å². The third-order valence-corrected chi connectivity index (χ3v) is 3.73. The standard InChI is InChI=1S/C14H13N5S/c1-9-7-12(16-8-15-9)10(2)18-19-14-17-11-5-3-4-6-13(11)20-14/h3-8H,1-2H3,(H,17,19)/b18-10+. The van der Waals surface area contributed by atoms with Crippen LogP contribution in [0.3, 0.4) is 0 Å². The average molecular weight is 283 g/mol. The van der Waals surface area contributed by atoms with E-state index in [1.165, 1.54) is 0 Å². The topological polar surface area (TPSA) is 63.1 Å². The summed E-state index contributed by atoms with van der Waals surface area (Å²) >= 11 is 1.58. The first-order valence-electron chi connectivity index (χ1n) is 6.17. The van der Waals surface area contributed by atoms with Gasteiger partial charge in [-0.05, 0) is 32.0 Å². The molecule has 0 amide bonds. The fraction of sp³-hybridized carbons (Fsp3) is 0.143. The van der Waals surface area contributed by atoms with Gasteiger partial charge in [0.25, 0.3) is 0 Å². The molecular weight excluding hydrogens is 270 g/mol. The number of hydrogen-bond acceptors (Lipinski definition) is 6. The smallest absolute Gasteiger partial charge is 0.204 e. The van der Waals surface area contributed by atoms with Crippen LogP contribution in [0.2, 0.25) is 0 Å². The van der Waals surface area contributed by atoms with Crippen LogP contribution in [-0.2, 0) is 0 Å². The van der Waals surface area contributed by atoms with E-state index in [0.29, 0.717) is 0 Å². The van der Waals surface area contributed by atoms with Crippen molar-refractivity contribution in [3.8, 4) is 0 Å². The van der Waals surface area contributed by atoms with Crippen molar-refractivity contribution >= 4 is 32.4 Å². The number of aromatic nitrogens is 3. The predicted octanol–water partition coefficient (Wildman–Crippen LogP) is 3.23. The van der Waals surface area contributed by atoms with E-state index in [1.54, 1.807) is 17.7 Å². The molecule has 0 bridgehead atoms. The Bertz CT molecular complexity index is 745. The summed E-state index contributed by atoms with van der Waals surface area (Å²) in [5.74, 6) is 0. The first-order chi connectivity index (χ1) is 9.72. The van der Waals surface area contributed by atoms with Gasteiger partial charge in [-0.1, -0.05) is 23.5 Å². The molecule has 5 nitrogen and oxygen atoms in total. The van der Waals surface area contributed by atoms with Crippen LogP contribution in [0.4, 0.5) is 5.13 Å². The molecular formula is C14H13N5S. The molecule has 0 saturated carbocycles. The zero-order valence-corrected chi connectivity index (χ0v) is 12.0.